The summed E-state index contributed by atoms with van der Waals surface area (Å²) in [6.07, 6.45) is 8.91. The molecule has 1 aliphatic carbocycles. The number of nitrogens with zero attached hydrogens (tertiary/aromatic N) is 5. The summed E-state index contributed by atoms with van der Waals surface area (Å²) in [6, 6.07) is 55.0. The van der Waals surface area contributed by atoms with E-state index in [0.717, 1.165) is 76.8 Å². The second-order valence-electron chi connectivity index (χ2n) is 17.4. The lowest BCUT2D eigenvalue weighted by Gasteiger charge is -2.21. The third-order valence-corrected chi connectivity index (χ3v) is 13.6. The normalized spacial score (nSPS) is 14.3. The van der Waals surface area contributed by atoms with Crippen molar-refractivity contribution >= 4 is 89.3 Å². The van der Waals surface area contributed by atoms with E-state index >= 15 is 0 Å². The highest BCUT2D eigenvalue weighted by atomic mass is 15.0. The van der Waals surface area contributed by atoms with Crippen LogP contribution in [0.25, 0.3) is 106 Å². The Labute approximate surface area is 371 Å². The van der Waals surface area contributed by atoms with Crippen LogP contribution in [0.1, 0.15) is 51.7 Å². The highest BCUT2D eigenvalue weighted by Crippen LogP contribution is 2.51. The predicted octanol–water partition coefficient (Wildman–Crippen LogP) is 13.7. The number of aromatic nitrogens is 3. The maximum absolute atomic E-state index is 11.2. The second-order valence-corrected chi connectivity index (χ2v) is 17.4. The van der Waals surface area contributed by atoms with Crippen molar-refractivity contribution in [1.29, 1.82) is 10.5 Å². The zero-order valence-corrected chi connectivity index (χ0v) is 36.4. The summed E-state index contributed by atoms with van der Waals surface area (Å²) in [7, 11) is 0. The minimum absolute atomic E-state index is 0.0926. The van der Waals surface area contributed by atoms with Crippen molar-refractivity contribution in [3.63, 3.8) is 0 Å². The van der Waals surface area contributed by atoms with Crippen molar-refractivity contribution in [3.05, 3.63) is 185 Å². The predicted molar refractivity (Wildman–Crippen MR) is 268 cm³/mol. The van der Waals surface area contributed by atoms with Crippen molar-refractivity contribution in [2.45, 2.75) is 46.0 Å². The average Bonchev–Trinajstić information content (AvgIpc) is 4.00. The highest BCUT2D eigenvalue weighted by molar-refractivity contribution is 6.22. The Morgan fingerprint density at radius 1 is 0.656 bits per heavy atom. The quantitative estimate of drug-likeness (QED) is 0.119. The van der Waals surface area contributed by atoms with Crippen LogP contribution in [-0.4, -0.2) is 13.7 Å². The molecule has 11 rings (SSSR count). The fourth-order valence-electron chi connectivity index (χ4n) is 10.7. The third kappa shape index (κ3) is 5.54. The molecule has 0 aliphatic heterocycles. The fourth-order valence-corrected chi connectivity index (χ4v) is 10.7. The van der Waals surface area contributed by atoms with E-state index in [1.54, 1.807) is 0 Å². The maximum Gasteiger partial charge on any atom is 0.101 e. The van der Waals surface area contributed by atoms with Gasteiger partial charge < -0.3 is 13.7 Å². The van der Waals surface area contributed by atoms with Gasteiger partial charge in [-0.3, -0.25) is 0 Å². The SMILES string of the molecule is C=c1/c(=C\C=C/C)n(-c2ccc3c(c2)c2cc4c(cc2n3/C(=C/C(C#N)=C(\CC)n2c3ccccc3c3c5ccccc5ccc32)CC#N)-c2ccccc2C4(C)C)c2ccccc12. The first-order valence-electron chi connectivity index (χ1n) is 22.1. The van der Waals surface area contributed by atoms with Crippen molar-refractivity contribution in [3.8, 4) is 29.0 Å². The number of nitriles is 2. The van der Waals surface area contributed by atoms with Gasteiger partial charge in [0, 0.05) is 54.6 Å². The first-order valence-corrected chi connectivity index (χ1v) is 22.1. The lowest BCUT2D eigenvalue weighted by atomic mass is 9.82. The van der Waals surface area contributed by atoms with Crippen molar-refractivity contribution < 1.29 is 0 Å². The molecule has 1 aliphatic rings. The molecular weight excluding hydrogens is 779 g/mol. The molecule has 0 fully saturated rings. The number of benzene rings is 7. The Morgan fingerprint density at radius 3 is 2.12 bits per heavy atom. The molecule has 5 nitrogen and oxygen atoms in total. The van der Waals surface area contributed by atoms with E-state index in [4.69, 9.17) is 0 Å². The number of rotatable bonds is 7. The van der Waals surface area contributed by atoms with Crippen LogP contribution >= 0.6 is 0 Å². The molecule has 0 unspecified atom stereocenters. The molecule has 306 valence electrons. The molecule has 0 bridgehead atoms. The topological polar surface area (TPSA) is 62.4 Å². The molecule has 0 amide bonds. The van der Waals surface area contributed by atoms with E-state index < -0.39 is 0 Å². The standard InChI is InChI=1S/C59H45N5/c1-6-8-23-52-37(3)42-18-12-15-24-53(42)62(52)40-27-29-55-47(33-40)48-34-50-46(44-20-11-14-22-49(44)59(50,4)5)35-57(48)63(55)41(30-31-60)32-39(36-61)51(7-2)64-54-25-16-13-21-45(54)58-43-19-10-9-17-38(43)26-28-56(58)64/h6,8-29,32-35H,3,7,30H2,1-2,4-5H3/b8-6-,41-32+,51-39-,52-23+. The molecule has 0 atom stereocenters. The molecule has 7 aromatic carbocycles. The van der Waals surface area contributed by atoms with Gasteiger partial charge in [-0.05, 0) is 107 Å². The first-order chi connectivity index (χ1) is 31.3. The first kappa shape index (κ1) is 38.8. The monoisotopic (exact) mass is 823 g/mol. The van der Waals surface area contributed by atoms with Gasteiger partial charge in [0.15, 0.2) is 0 Å². The Hall–Kier alpha value is -8.12. The Kier molecular flexibility index (Phi) is 8.95. The van der Waals surface area contributed by atoms with Gasteiger partial charge in [0.05, 0.1) is 51.0 Å². The summed E-state index contributed by atoms with van der Waals surface area (Å²) in [5.74, 6) is 0. The van der Waals surface area contributed by atoms with Crippen LogP contribution in [0.2, 0.25) is 0 Å². The van der Waals surface area contributed by atoms with Crippen LogP contribution in [0.4, 0.5) is 0 Å². The average molecular weight is 824 g/mol. The van der Waals surface area contributed by atoms with Crippen LogP contribution < -0.4 is 10.6 Å². The van der Waals surface area contributed by atoms with Crippen LogP contribution in [0.5, 0.6) is 0 Å². The zero-order valence-electron chi connectivity index (χ0n) is 36.4. The molecular formula is C59H45N5. The van der Waals surface area contributed by atoms with Crippen LogP contribution in [-0.2, 0) is 5.41 Å². The number of allylic oxidation sites excluding steroid dienone is 6. The smallest absolute Gasteiger partial charge is 0.101 e. The van der Waals surface area contributed by atoms with E-state index in [1.165, 1.54) is 38.4 Å². The highest BCUT2D eigenvalue weighted by Gasteiger charge is 2.36. The van der Waals surface area contributed by atoms with Gasteiger partial charge >= 0.3 is 0 Å². The summed E-state index contributed by atoms with van der Waals surface area (Å²) in [6.45, 7) is 13.3. The lowest BCUT2D eigenvalue weighted by molar-refractivity contribution is 0.661. The van der Waals surface area contributed by atoms with Crippen molar-refractivity contribution in [2.24, 2.45) is 0 Å². The van der Waals surface area contributed by atoms with Gasteiger partial charge in [-0.15, -0.1) is 0 Å². The van der Waals surface area contributed by atoms with Crippen molar-refractivity contribution in [1.82, 2.24) is 13.7 Å². The molecule has 0 saturated carbocycles. The zero-order chi connectivity index (χ0) is 43.9. The van der Waals surface area contributed by atoms with Crippen LogP contribution in [0.3, 0.4) is 0 Å². The molecule has 3 aromatic heterocycles. The molecule has 64 heavy (non-hydrogen) atoms. The van der Waals surface area contributed by atoms with Crippen molar-refractivity contribution in [2.75, 3.05) is 0 Å². The summed E-state index contributed by atoms with van der Waals surface area (Å²) in [5, 5.41) is 31.8. The molecule has 5 heteroatoms. The van der Waals surface area contributed by atoms with Gasteiger partial charge in [-0.1, -0.05) is 130 Å². The summed E-state index contributed by atoms with van der Waals surface area (Å²) in [5.41, 5.74) is 13.1. The molecule has 0 saturated heterocycles. The Balaban J connectivity index is 1.22. The molecule has 0 N–H and O–H groups in total. The van der Waals surface area contributed by atoms with Gasteiger partial charge in [-0.25, -0.2) is 0 Å². The fraction of sp³-hybridized carbons (Fsp3) is 0.119. The van der Waals surface area contributed by atoms with Gasteiger partial charge in [-0.2, -0.15) is 10.5 Å². The molecule has 3 heterocycles. The molecule has 10 aromatic rings. The molecule has 0 radical (unpaired) electrons. The number of hydrogen-bond donors (Lipinski definition) is 0. The van der Waals surface area contributed by atoms with Crippen LogP contribution in [0.15, 0.2) is 163 Å². The molecule has 0 spiro atoms. The van der Waals surface area contributed by atoms with Gasteiger partial charge in [0.25, 0.3) is 0 Å². The van der Waals surface area contributed by atoms with Gasteiger partial charge in [0.1, 0.15) is 6.07 Å². The maximum atomic E-state index is 11.2. The van der Waals surface area contributed by atoms with Crippen LogP contribution in [0, 0.1) is 22.7 Å². The largest absolute Gasteiger partial charge is 0.312 e. The number of hydrogen-bond acceptors (Lipinski definition) is 2. The number of fused-ring (bicyclic) bond motifs is 12. The summed E-state index contributed by atoms with van der Waals surface area (Å²) >= 11 is 0. The van der Waals surface area contributed by atoms with E-state index in [0.29, 0.717) is 12.0 Å². The Bertz CT molecular complexity index is 3940. The van der Waals surface area contributed by atoms with E-state index in [9.17, 15) is 10.5 Å². The summed E-state index contributed by atoms with van der Waals surface area (Å²) in [4.78, 5) is 0. The lowest BCUT2D eigenvalue weighted by Crippen LogP contribution is -2.26. The minimum Gasteiger partial charge on any atom is -0.312 e. The summed E-state index contributed by atoms with van der Waals surface area (Å²) < 4.78 is 6.81. The third-order valence-electron chi connectivity index (χ3n) is 13.6. The van der Waals surface area contributed by atoms with E-state index in [2.05, 4.69) is 205 Å². The minimum atomic E-state index is -0.216. The van der Waals surface area contributed by atoms with E-state index in [-0.39, 0.29) is 11.8 Å². The Morgan fingerprint density at radius 2 is 1.34 bits per heavy atom. The van der Waals surface area contributed by atoms with E-state index in [1.807, 2.05) is 19.1 Å². The second kappa shape index (κ2) is 14.8. The van der Waals surface area contributed by atoms with Gasteiger partial charge in [0.2, 0.25) is 0 Å². The number of para-hydroxylation sites is 2.